The zero-order valence-electron chi connectivity index (χ0n) is 15.4. The summed E-state index contributed by atoms with van der Waals surface area (Å²) in [4.78, 5) is 17.9. The molecule has 1 N–H and O–H groups in total. The van der Waals surface area contributed by atoms with Crippen LogP contribution in [0.15, 0.2) is 28.7 Å². The number of thiazole rings is 1. The van der Waals surface area contributed by atoms with Crippen LogP contribution in [0.3, 0.4) is 0 Å². The van der Waals surface area contributed by atoms with Crippen molar-refractivity contribution in [2.45, 2.75) is 19.9 Å². The molecule has 3 aromatic rings. The number of amides is 1. The fourth-order valence-electron chi connectivity index (χ4n) is 3.11. The number of fused-ring (bicyclic) bond motifs is 2. The van der Waals surface area contributed by atoms with Crippen LogP contribution in [0.25, 0.3) is 11.0 Å². The predicted molar refractivity (Wildman–Crippen MR) is 106 cm³/mol. The smallest absolute Gasteiger partial charge is 0.293 e. The van der Waals surface area contributed by atoms with Crippen molar-refractivity contribution in [3.05, 3.63) is 40.6 Å². The van der Waals surface area contributed by atoms with Crippen LogP contribution in [0.2, 0.25) is 0 Å². The number of hydrogen-bond donors (Lipinski definition) is 1. The minimum Gasteiger partial charge on any atom is -0.493 e. The third kappa shape index (κ3) is 3.38. The van der Waals surface area contributed by atoms with Crippen LogP contribution < -0.4 is 10.1 Å². The SMILES string of the molecule is CCS(=O)(=O)N1CCc2nc(NC(=O)c3cc4cccc(OC)c4o3)sc2C1. The molecule has 4 rings (SSSR count). The van der Waals surface area contributed by atoms with Crippen LogP contribution in [0.1, 0.15) is 28.0 Å². The molecule has 0 fully saturated rings. The van der Waals surface area contributed by atoms with Gasteiger partial charge in [0, 0.05) is 29.8 Å². The first-order valence-corrected chi connectivity index (χ1v) is 11.2. The van der Waals surface area contributed by atoms with Gasteiger partial charge < -0.3 is 9.15 Å². The van der Waals surface area contributed by atoms with E-state index in [2.05, 4.69) is 10.3 Å². The molecule has 148 valence electrons. The van der Waals surface area contributed by atoms with Gasteiger partial charge in [-0.05, 0) is 19.1 Å². The number of carbonyl (C=O) groups is 1. The molecule has 1 aromatic carbocycles. The summed E-state index contributed by atoms with van der Waals surface area (Å²) in [6, 6.07) is 7.07. The summed E-state index contributed by atoms with van der Waals surface area (Å²) in [5.74, 6) is 0.365. The van der Waals surface area contributed by atoms with Gasteiger partial charge in [-0.15, -0.1) is 11.3 Å². The minimum absolute atomic E-state index is 0.0697. The molecule has 8 nitrogen and oxygen atoms in total. The standard InChI is InChI=1S/C18H19N3O5S2/c1-3-28(23,24)21-8-7-12-15(10-21)27-18(19-12)20-17(22)14-9-11-5-4-6-13(25-2)16(11)26-14/h4-6,9H,3,7-8,10H2,1-2H3,(H,19,20,22). The Morgan fingerprint density at radius 2 is 2.25 bits per heavy atom. The summed E-state index contributed by atoms with van der Waals surface area (Å²) in [6.07, 6.45) is 0.531. The Labute approximate surface area is 166 Å². The second-order valence-corrected chi connectivity index (χ2v) is 9.66. The van der Waals surface area contributed by atoms with Crippen molar-refractivity contribution in [1.82, 2.24) is 9.29 Å². The van der Waals surface area contributed by atoms with Crippen molar-refractivity contribution >= 4 is 43.4 Å². The number of aromatic nitrogens is 1. The van der Waals surface area contributed by atoms with Gasteiger partial charge in [-0.2, -0.15) is 4.31 Å². The molecular formula is C18H19N3O5S2. The first-order valence-electron chi connectivity index (χ1n) is 8.75. The van der Waals surface area contributed by atoms with Gasteiger partial charge in [0.25, 0.3) is 5.91 Å². The maximum atomic E-state index is 12.6. The number of hydrogen-bond acceptors (Lipinski definition) is 7. The van der Waals surface area contributed by atoms with E-state index in [1.807, 2.05) is 12.1 Å². The number of para-hydroxylation sites is 1. The van der Waals surface area contributed by atoms with Gasteiger partial charge in [0.15, 0.2) is 22.2 Å². The number of benzene rings is 1. The number of anilines is 1. The summed E-state index contributed by atoms with van der Waals surface area (Å²) in [5.41, 5.74) is 1.34. The molecule has 0 saturated heterocycles. The molecule has 0 saturated carbocycles. The van der Waals surface area contributed by atoms with Crippen molar-refractivity contribution in [2.24, 2.45) is 0 Å². The second-order valence-electron chi connectivity index (χ2n) is 6.32. The highest BCUT2D eigenvalue weighted by Gasteiger charge is 2.28. The minimum atomic E-state index is -3.24. The van der Waals surface area contributed by atoms with Gasteiger partial charge in [0.05, 0.1) is 18.6 Å². The molecule has 10 heteroatoms. The average Bonchev–Trinajstić information content (AvgIpc) is 3.30. The molecular weight excluding hydrogens is 402 g/mol. The van der Waals surface area contributed by atoms with Gasteiger partial charge in [-0.1, -0.05) is 12.1 Å². The first kappa shape index (κ1) is 18.9. The van der Waals surface area contributed by atoms with Crippen molar-refractivity contribution in [2.75, 3.05) is 24.7 Å². The van der Waals surface area contributed by atoms with Gasteiger partial charge in [-0.25, -0.2) is 13.4 Å². The van der Waals surface area contributed by atoms with Gasteiger partial charge in [0.2, 0.25) is 10.0 Å². The van der Waals surface area contributed by atoms with E-state index in [9.17, 15) is 13.2 Å². The van der Waals surface area contributed by atoms with Gasteiger partial charge >= 0.3 is 0 Å². The van der Waals surface area contributed by atoms with E-state index in [4.69, 9.17) is 9.15 Å². The fourth-order valence-corrected chi connectivity index (χ4v) is 5.27. The zero-order valence-corrected chi connectivity index (χ0v) is 17.0. The topological polar surface area (TPSA) is 102 Å². The van der Waals surface area contributed by atoms with E-state index in [0.29, 0.717) is 36.0 Å². The molecule has 0 aliphatic carbocycles. The van der Waals surface area contributed by atoms with Crippen LogP contribution in [-0.4, -0.2) is 43.0 Å². The first-order chi connectivity index (χ1) is 13.4. The largest absolute Gasteiger partial charge is 0.493 e. The lowest BCUT2D eigenvalue weighted by atomic mass is 10.2. The summed E-state index contributed by atoms with van der Waals surface area (Å²) < 4.78 is 36.5. The fraction of sp³-hybridized carbons (Fsp3) is 0.333. The van der Waals surface area contributed by atoms with E-state index in [0.717, 1.165) is 16.0 Å². The van der Waals surface area contributed by atoms with E-state index >= 15 is 0 Å². The molecule has 3 heterocycles. The molecule has 0 atom stereocenters. The molecule has 0 unspecified atom stereocenters. The van der Waals surface area contributed by atoms with Crippen molar-refractivity contribution in [3.8, 4) is 5.75 Å². The molecule has 1 aliphatic rings. The van der Waals surface area contributed by atoms with Crippen molar-refractivity contribution < 1.29 is 22.4 Å². The van der Waals surface area contributed by atoms with Crippen LogP contribution in [0.5, 0.6) is 5.75 Å². The lowest BCUT2D eigenvalue weighted by Gasteiger charge is -2.24. The van der Waals surface area contributed by atoms with Crippen LogP contribution in [-0.2, 0) is 23.0 Å². The summed E-state index contributed by atoms with van der Waals surface area (Å²) in [7, 11) is -1.70. The van der Waals surface area contributed by atoms with E-state index < -0.39 is 15.9 Å². The van der Waals surface area contributed by atoms with Crippen molar-refractivity contribution in [1.29, 1.82) is 0 Å². The molecule has 1 amide bonds. The number of furan rings is 1. The normalized spacial score (nSPS) is 14.8. The average molecular weight is 422 g/mol. The Kier molecular flexibility index (Phi) is 4.86. The number of rotatable bonds is 5. The number of methoxy groups -OCH3 is 1. The predicted octanol–water partition coefficient (Wildman–Crippen LogP) is 2.86. The summed E-state index contributed by atoms with van der Waals surface area (Å²) in [6.45, 7) is 2.33. The highest BCUT2D eigenvalue weighted by atomic mass is 32.2. The van der Waals surface area contributed by atoms with E-state index in [1.165, 1.54) is 15.6 Å². The van der Waals surface area contributed by atoms with Crippen LogP contribution in [0.4, 0.5) is 5.13 Å². The molecule has 1 aliphatic heterocycles. The number of nitrogens with zero attached hydrogens (tertiary/aromatic N) is 2. The monoisotopic (exact) mass is 421 g/mol. The summed E-state index contributed by atoms with van der Waals surface area (Å²) in [5, 5.41) is 3.94. The highest BCUT2D eigenvalue weighted by molar-refractivity contribution is 7.89. The Morgan fingerprint density at radius 1 is 1.43 bits per heavy atom. The Balaban J connectivity index is 1.54. The van der Waals surface area contributed by atoms with E-state index in [1.54, 1.807) is 26.2 Å². The third-order valence-electron chi connectivity index (χ3n) is 4.63. The molecule has 0 spiro atoms. The van der Waals surface area contributed by atoms with Gasteiger partial charge in [-0.3, -0.25) is 10.1 Å². The van der Waals surface area contributed by atoms with Crippen LogP contribution in [0, 0.1) is 0 Å². The maximum Gasteiger partial charge on any atom is 0.293 e. The number of nitrogens with one attached hydrogen (secondary N) is 1. The Morgan fingerprint density at radius 3 is 3.00 bits per heavy atom. The quantitative estimate of drug-likeness (QED) is 0.680. The second kappa shape index (κ2) is 7.19. The van der Waals surface area contributed by atoms with Crippen molar-refractivity contribution in [3.63, 3.8) is 0 Å². The maximum absolute atomic E-state index is 12.6. The number of carbonyl (C=O) groups excluding carboxylic acids is 1. The van der Waals surface area contributed by atoms with E-state index in [-0.39, 0.29) is 11.5 Å². The summed E-state index contributed by atoms with van der Waals surface area (Å²) >= 11 is 1.29. The number of ether oxygens (including phenoxy) is 1. The lowest BCUT2D eigenvalue weighted by molar-refractivity contribution is 0.0998. The number of sulfonamides is 1. The molecule has 28 heavy (non-hydrogen) atoms. The molecule has 0 radical (unpaired) electrons. The highest BCUT2D eigenvalue weighted by Crippen LogP contribution is 2.31. The third-order valence-corrected chi connectivity index (χ3v) is 7.45. The van der Waals surface area contributed by atoms with Crippen LogP contribution >= 0.6 is 11.3 Å². The Hall–Kier alpha value is -2.43. The Bertz CT molecular complexity index is 1150. The molecule has 2 aromatic heterocycles. The zero-order chi connectivity index (χ0) is 19.9. The van der Waals surface area contributed by atoms with Gasteiger partial charge in [0.1, 0.15) is 0 Å². The molecule has 0 bridgehead atoms. The lowest BCUT2D eigenvalue weighted by Crippen LogP contribution is -2.36.